The average Bonchev–Trinajstić information content (AvgIpc) is 2.69. The standard InChI is InChI=1S/C13H19ClN2O2S/c1-19(17,18)16-8-2-7-15-13-6-3-10-9-11(14)4-5-12(10)13/h4-5,9,13,15-16H,2-3,6-8H2,1H3. The first-order valence-corrected chi connectivity index (χ1v) is 8.69. The topological polar surface area (TPSA) is 58.2 Å². The summed E-state index contributed by atoms with van der Waals surface area (Å²) in [6.45, 7) is 1.28. The van der Waals surface area contributed by atoms with Crippen LogP contribution in [0.3, 0.4) is 0 Å². The van der Waals surface area contributed by atoms with Gasteiger partial charge in [0.25, 0.3) is 0 Å². The number of rotatable bonds is 6. The van der Waals surface area contributed by atoms with E-state index in [1.54, 1.807) is 0 Å². The highest BCUT2D eigenvalue weighted by molar-refractivity contribution is 7.88. The van der Waals surface area contributed by atoms with Crippen LogP contribution in [0.4, 0.5) is 0 Å². The molecular weight excluding hydrogens is 284 g/mol. The largest absolute Gasteiger partial charge is 0.310 e. The molecule has 1 aromatic rings. The Morgan fingerprint density at radius 2 is 2.16 bits per heavy atom. The molecule has 6 heteroatoms. The van der Waals surface area contributed by atoms with Crippen molar-refractivity contribution in [1.82, 2.24) is 10.0 Å². The van der Waals surface area contributed by atoms with Crippen LogP contribution in [0.25, 0.3) is 0 Å². The fourth-order valence-electron chi connectivity index (χ4n) is 2.42. The van der Waals surface area contributed by atoms with Gasteiger partial charge in [-0.15, -0.1) is 0 Å². The van der Waals surface area contributed by atoms with Gasteiger partial charge in [-0.2, -0.15) is 0 Å². The third-order valence-electron chi connectivity index (χ3n) is 3.29. The normalized spacial score (nSPS) is 18.5. The molecule has 106 valence electrons. The van der Waals surface area contributed by atoms with Gasteiger partial charge in [0, 0.05) is 17.6 Å². The monoisotopic (exact) mass is 302 g/mol. The molecule has 4 nitrogen and oxygen atoms in total. The van der Waals surface area contributed by atoms with E-state index in [1.807, 2.05) is 12.1 Å². The van der Waals surface area contributed by atoms with Crippen LogP contribution in [0, 0.1) is 0 Å². The molecule has 2 rings (SSSR count). The lowest BCUT2D eigenvalue weighted by Crippen LogP contribution is -2.27. The van der Waals surface area contributed by atoms with E-state index in [0.29, 0.717) is 12.6 Å². The Labute approximate surface area is 119 Å². The molecule has 0 aliphatic heterocycles. The van der Waals surface area contributed by atoms with Crippen molar-refractivity contribution in [2.45, 2.75) is 25.3 Å². The maximum Gasteiger partial charge on any atom is 0.208 e. The molecule has 0 saturated carbocycles. The highest BCUT2D eigenvalue weighted by atomic mass is 35.5. The number of halogens is 1. The van der Waals surface area contributed by atoms with Gasteiger partial charge in [0.2, 0.25) is 10.0 Å². The molecule has 1 atom stereocenters. The van der Waals surface area contributed by atoms with Crippen molar-refractivity contribution in [3.05, 3.63) is 34.3 Å². The molecule has 2 N–H and O–H groups in total. The van der Waals surface area contributed by atoms with Crippen LogP contribution in [-0.4, -0.2) is 27.8 Å². The van der Waals surface area contributed by atoms with E-state index < -0.39 is 10.0 Å². The van der Waals surface area contributed by atoms with Crippen LogP contribution in [-0.2, 0) is 16.4 Å². The van der Waals surface area contributed by atoms with Crippen molar-refractivity contribution in [1.29, 1.82) is 0 Å². The number of aryl methyl sites for hydroxylation is 1. The molecule has 1 aliphatic rings. The zero-order chi connectivity index (χ0) is 13.9. The summed E-state index contributed by atoms with van der Waals surface area (Å²) in [4.78, 5) is 0. The minimum absolute atomic E-state index is 0.366. The van der Waals surface area contributed by atoms with Gasteiger partial charge in [-0.1, -0.05) is 17.7 Å². The summed E-state index contributed by atoms with van der Waals surface area (Å²) < 4.78 is 24.3. The summed E-state index contributed by atoms with van der Waals surface area (Å²) in [7, 11) is -3.07. The highest BCUT2D eigenvalue weighted by Crippen LogP contribution is 2.32. The zero-order valence-electron chi connectivity index (χ0n) is 10.9. The molecule has 0 aromatic heterocycles. The molecule has 0 radical (unpaired) electrons. The number of sulfonamides is 1. The number of nitrogens with one attached hydrogen (secondary N) is 2. The van der Waals surface area contributed by atoms with Gasteiger partial charge < -0.3 is 5.32 Å². The first-order chi connectivity index (χ1) is 8.96. The summed E-state index contributed by atoms with van der Waals surface area (Å²) in [6.07, 6.45) is 4.09. The van der Waals surface area contributed by atoms with Crippen molar-refractivity contribution in [3.63, 3.8) is 0 Å². The average molecular weight is 303 g/mol. The van der Waals surface area contributed by atoms with E-state index >= 15 is 0 Å². The molecule has 0 spiro atoms. The molecule has 19 heavy (non-hydrogen) atoms. The second-order valence-electron chi connectivity index (χ2n) is 4.91. The van der Waals surface area contributed by atoms with Crippen molar-refractivity contribution in [2.24, 2.45) is 0 Å². The van der Waals surface area contributed by atoms with E-state index in [4.69, 9.17) is 11.6 Å². The van der Waals surface area contributed by atoms with Crippen molar-refractivity contribution >= 4 is 21.6 Å². The SMILES string of the molecule is CS(=O)(=O)NCCCNC1CCc2cc(Cl)ccc21. The molecule has 1 aliphatic carbocycles. The second kappa shape index (κ2) is 6.22. The van der Waals surface area contributed by atoms with Crippen LogP contribution < -0.4 is 10.0 Å². The van der Waals surface area contributed by atoms with Gasteiger partial charge in [0.15, 0.2) is 0 Å². The minimum Gasteiger partial charge on any atom is -0.310 e. The first-order valence-electron chi connectivity index (χ1n) is 6.42. The predicted molar refractivity (Wildman–Crippen MR) is 78.0 cm³/mol. The molecule has 0 amide bonds. The fourth-order valence-corrected chi connectivity index (χ4v) is 3.13. The Bertz CT molecular complexity index is 546. The molecule has 1 aromatic carbocycles. The summed E-state index contributed by atoms with van der Waals surface area (Å²) in [6, 6.07) is 6.40. The fraction of sp³-hybridized carbons (Fsp3) is 0.538. The maximum atomic E-state index is 10.9. The maximum absolute atomic E-state index is 10.9. The summed E-state index contributed by atoms with van der Waals surface area (Å²) in [5, 5.41) is 4.25. The third kappa shape index (κ3) is 4.45. The van der Waals surface area contributed by atoms with Crippen LogP contribution in [0.1, 0.15) is 30.0 Å². The smallest absolute Gasteiger partial charge is 0.208 e. The molecule has 0 saturated heterocycles. The number of fused-ring (bicyclic) bond motifs is 1. The lowest BCUT2D eigenvalue weighted by atomic mass is 10.1. The molecule has 0 heterocycles. The van der Waals surface area contributed by atoms with Crippen molar-refractivity contribution < 1.29 is 8.42 Å². The zero-order valence-corrected chi connectivity index (χ0v) is 12.5. The van der Waals surface area contributed by atoms with Crippen molar-refractivity contribution in [2.75, 3.05) is 19.3 Å². The lowest BCUT2D eigenvalue weighted by molar-refractivity contribution is 0.517. The van der Waals surface area contributed by atoms with E-state index in [2.05, 4.69) is 16.1 Å². The highest BCUT2D eigenvalue weighted by Gasteiger charge is 2.21. The Balaban J connectivity index is 1.77. The van der Waals surface area contributed by atoms with Gasteiger partial charge in [-0.25, -0.2) is 13.1 Å². The van der Waals surface area contributed by atoms with Crippen LogP contribution in [0.2, 0.25) is 5.02 Å². The Hall–Kier alpha value is -0.620. The minimum atomic E-state index is -3.07. The molecule has 0 bridgehead atoms. The van der Waals surface area contributed by atoms with Crippen LogP contribution >= 0.6 is 11.6 Å². The molecule has 1 unspecified atom stereocenters. The second-order valence-corrected chi connectivity index (χ2v) is 7.18. The van der Waals surface area contributed by atoms with Gasteiger partial charge in [-0.3, -0.25) is 0 Å². The molecular formula is C13H19ClN2O2S. The van der Waals surface area contributed by atoms with Gasteiger partial charge in [0.05, 0.1) is 6.26 Å². The first kappa shape index (κ1) is 14.8. The predicted octanol–water partition coefficient (Wildman–Crippen LogP) is 1.86. The van der Waals surface area contributed by atoms with E-state index in [1.165, 1.54) is 17.4 Å². The van der Waals surface area contributed by atoms with Crippen LogP contribution in [0.15, 0.2) is 18.2 Å². The summed E-state index contributed by atoms with van der Waals surface area (Å²) >= 11 is 5.97. The third-order valence-corrected chi connectivity index (χ3v) is 4.25. The van der Waals surface area contributed by atoms with Gasteiger partial charge in [0.1, 0.15) is 0 Å². The Morgan fingerprint density at radius 3 is 2.89 bits per heavy atom. The number of benzene rings is 1. The van der Waals surface area contributed by atoms with E-state index in [0.717, 1.165) is 30.8 Å². The quantitative estimate of drug-likeness (QED) is 0.789. The summed E-state index contributed by atoms with van der Waals surface area (Å²) in [5.41, 5.74) is 2.64. The van der Waals surface area contributed by atoms with Gasteiger partial charge >= 0.3 is 0 Å². The molecule has 0 fully saturated rings. The lowest BCUT2D eigenvalue weighted by Gasteiger charge is -2.14. The number of hydrogen-bond acceptors (Lipinski definition) is 3. The number of hydrogen-bond donors (Lipinski definition) is 2. The Kier molecular flexibility index (Phi) is 4.84. The van der Waals surface area contributed by atoms with E-state index in [9.17, 15) is 8.42 Å². The summed E-state index contributed by atoms with van der Waals surface area (Å²) in [5.74, 6) is 0. The van der Waals surface area contributed by atoms with E-state index in [-0.39, 0.29) is 0 Å². The van der Waals surface area contributed by atoms with Crippen LogP contribution in [0.5, 0.6) is 0 Å². The van der Waals surface area contributed by atoms with Gasteiger partial charge in [-0.05, 0) is 49.1 Å². The Morgan fingerprint density at radius 1 is 1.37 bits per heavy atom. The van der Waals surface area contributed by atoms with Crippen molar-refractivity contribution in [3.8, 4) is 0 Å².